The number of sulfonamides is 1. The lowest BCUT2D eigenvalue weighted by Crippen LogP contribution is -2.17. The van der Waals surface area contributed by atoms with Crippen LogP contribution in [-0.4, -0.2) is 27.7 Å². The maximum atomic E-state index is 13.1. The van der Waals surface area contributed by atoms with Crippen molar-refractivity contribution in [3.05, 3.63) is 72.8 Å². The highest BCUT2D eigenvalue weighted by Gasteiger charge is 2.20. The second-order valence-corrected chi connectivity index (χ2v) is 9.25. The zero-order chi connectivity index (χ0) is 23.0. The van der Waals surface area contributed by atoms with Gasteiger partial charge in [-0.1, -0.05) is 42.1 Å². The van der Waals surface area contributed by atoms with E-state index in [9.17, 15) is 13.2 Å². The Hall–Kier alpha value is -3.17. The van der Waals surface area contributed by atoms with E-state index in [-0.39, 0.29) is 17.2 Å². The van der Waals surface area contributed by atoms with Crippen LogP contribution in [0.15, 0.2) is 87.5 Å². The molecule has 1 amide bonds. The molecule has 3 aromatic rings. The Morgan fingerprint density at radius 1 is 0.906 bits per heavy atom. The molecule has 2 N–H and O–H groups in total. The normalized spacial score (nSPS) is 10.9. The van der Waals surface area contributed by atoms with Crippen LogP contribution in [0.2, 0.25) is 0 Å². The summed E-state index contributed by atoms with van der Waals surface area (Å²) in [6.45, 7) is 4.01. The lowest BCUT2D eigenvalue weighted by atomic mass is 10.3. The first-order valence-corrected chi connectivity index (χ1v) is 12.3. The first-order chi connectivity index (χ1) is 15.4. The van der Waals surface area contributed by atoms with Gasteiger partial charge in [0.2, 0.25) is 0 Å². The van der Waals surface area contributed by atoms with E-state index in [1.54, 1.807) is 26.0 Å². The van der Waals surface area contributed by atoms with E-state index < -0.39 is 16.1 Å². The minimum Gasteiger partial charge on any atom is -0.492 e. The van der Waals surface area contributed by atoms with Crippen LogP contribution in [0.1, 0.15) is 13.8 Å². The number of hydrogen-bond donors (Lipinski definition) is 2. The highest BCUT2D eigenvalue weighted by molar-refractivity contribution is 7.99. The topological polar surface area (TPSA) is 93.7 Å². The summed E-state index contributed by atoms with van der Waals surface area (Å²) in [6.07, 6.45) is -0.694. The summed E-state index contributed by atoms with van der Waals surface area (Å²) in [5, 5.41) is 2.53. The Morgan fingerprint density at radius 2 is 1.62 bits per heavy atom. The SMILES string of the molecule is CCOC(=O)Nc1cc(S(=O)(=O)Nc2ccccc2Sc2ccccc2)ccc1OCC. The van der Waals surface area contributed by atoms with Crippen LogP contribution in [0.3, 0.4) is 0 Å². The zero-order valence-electron chi connectivity index (χ0n) is 17.7. The fraction of sp³-hybridized carbons (Fsp3) is 0.174. The van der Waals surface area contributed by atoms with Crippen molar-refractivity contribution in [3.8, 4) is 5.75 Å². The molecule has 0 radical (unpaired) electrons. The molecule has 0 heterocycles. The van der Waals surface area contributed by atoms with Gasteiger partial charge in [-0.15, -0.1) is 0 Å². The van der Waals surface area contributed by atoms with Crippen molar-refractivity contribution in [2.24, 2.45) is 0 Å². The highest BCUT2D eigenvalue weighted by atomic mass is 32.2. The molecular formula is C23H24N2O5S2. The van der Waals surface area contributed by atoms with Gasteiger partial charge in [0.05, 0.1) is 29.5 Å². The number of rotatable bonds is 9. The summed E-state index contributed by atoms with van der Waals surface area (Å²) in [4.78, 5) is 13.6. The monoisotopic (exact) mass is 472 g/mol. The van der Waals surface area contributed by atoms with E-state index in [1.807, 2.05) is 42.5 Å². The minimum atomic E-state index is -3.94. The molecular weight excluding hydrogens is 448 g/mol. The third-order valence-corrected chi connectivity index (χ3v) is 6.62. The fourth-order valence-corrected chi connectivity index (χ4v) is 4.88. The molecule has 0 atom stereocenters. The van der Waals surface area contributed by atoms with Gasteiger partial charge >= 0.3 is 6.09 Å². The van der Waals surface area contributed by atoms with Crippen LogP contribution in [0.5, 0.6) is 5.75 Å². The number of para-hydroxylation sites is 1. The molecule has 0 fully saturated rings. The summed E-state index contributed by atoms with van der Waals surface area (Å²) >= 11 is 1.46. The molecule has 0 unspecified atom stereocenters. The number of nitrogens with one attached hydrogen (secondary N) is 2. The van der Waals surface area contributed by atoms with Crippen molar-refractivity contribution < 1.29 is 22.7 Å². The third-order valence-electron chi connectivity index (χ3n) is 4.18. The Labute approximate surface area is 192 Å². The quantitative estimate of drug-likeness (QED) is 0.421. The first kappa shape index (κ1) is 23.5. The van der Waals surface area contributed by atoms with Crippen LogP contribution >= 0.6 is 11.8 Å². The van der Waals surface area contributed by atoms with Gasteiger partial charge in [0.25, 0.3) is 10.0 Å². The predicted molar refractivity (Wildman–Crippen MR) is 126 cm³/mol. The largest absolute Gasteiger partial charge is 0.492 e. The molecule has 0 aliphatic heterocycles. The molecule has 7 nitrogen and oxygen atoms in total. The molecule has 0 saturated heterocycles. The van der Waals surface area contributed by atoms with Gasteiger partial charge in [-0.25, -0.2) is 13.2 Å². The van der Waals surface area contributed by atoms with Crippen LogP contribution in [0.25, 0.3) is 0 Å². The molecule has 0 aliphatic rings. The van der Waals surface area contributed by atoms with Crippen molar-refractivity contribution in [3.63, 3.8) is 0 Å². The standard InChI is InChI=1S/C23H24N2O5S2/c1-3-29-21-15-14-18(16-20(21)24-23(26)30-4-2)32(27,28)25-19-12-8-9-13-22(19)31-17-10-6-5-7-11-17/h5-16,25H,3-4H2,1-2H3,(H,24,26). The van der Waals surface area contributed by atoms with E-state index in [4.69, 9.17) is 9.47 Å². The van der Waals surface area contributed by atoms with Gasteiger partial charge < -0.3 is 9.47 Å². The summed E-state index contributed by atoms with van der Waals surface area (Å²) in [7, 11) is -3.94. The molecule has 168 valence electrons. The van der Waals surface area contributed by atoms with Crippen molar-refractivity contribution in [2.75, 3.05) is 23.3 Å². The molecule has 0 spiro atoms. The Balaban J connectivity index is 1.89. The molecule has 32 heavy (non-hydrogen) atoms. The summed E-state index contributed by atoms with van der Waals surface area (Å²) in [5.41, 5.74) is 0.662. The van der Waals surface area contributed by atoms with Crippen LogP contribution in [0, 0.1) is 0 Å². The summed E-state index contributed by atoms with van der Waals surface area (Å²) in [5.74, 6) is 0.347. The van der Waals surface area contributed by atoms with Crippen molar-refractivity contribution >= 4 is 39.3 Å². The Morgan fingerprint density at radius 3 is 2.34 bits per heavy atom. The second kappa shape index (κ2) is 10.9. The molecule has 9 heteroatoms. The summed E-state index contributed by atoms with van der Waals surface area (Å²) < 4.78 is 39.3. The van der Waals surface area contributed by atoms with Crippen molar-refractivity contribution in [2.45, 2.75) is 28.5 Å². The Kier molecular flexibility index (Phi) is 8.02. The maximum Gasteiger partial charge on any atom is 0.411 e. The average molecular weight is 473 g/mol. The molecule has 3 aromatic carbocycles. The number of ether oxygens (including phenoxy) is 2. The predicted octanol–water partition coefficient (Wildman–Crippen LogP) is 5.61. The minimum absolute atomic E-state index is 0.0211. The van der Waals surface area contributed by atoms with Crippen molar-refractivity contribution in [1.29, 1.82) is 0 Å². The second-order valence-electron chi connectivity index (χ2n) is 6.45. The lowest BCUT2D eigenvalue weighted by Gasteiger charge is -2.15. The summed E-state index contributed by atoms with van der Waals surface area (Å²) in [6, 6.07) is 21.1. The molecule has 0 aromatic heterocycles. The van der Waals surface area contributed by atoms with E-state index in [1.165, 1.54) is 30.0 Å². The van der Waals surface area contributed by atoms with Gasteiger partial charge in [0.1, 0.15) is 5.75 Å². The van der Waals surface area contributed by atoms with Gasteiger partial charge in [-0.2, -0.15) is 0 Å². The zero-order valence-corrected chi connectivity index (χ0v) is 19.3. The van der Waals surface area contributed by atoms with E-state index >= 15 is 0 Å². The fourth-order valence-electron chi connectivity index (χ4n) is 2.79. The maximum absolute atomic E-state index is 13.1. The molecule has 3 rings (SSSR count). The molecule has 0 bridgehead atoms. The van der Waals surface area contributed by atoms with Gasteiger partial charge in [-0.3, -0.25) is 10.0 Å². The van der Waals surface area contributed by atoms with E-state index in [0.717, 1.165) is 9.79 Å². The van der Waals surface area contributed by atoms with E-state index in [2.05, 4.69) is 10.0 Å². The number of hydrogen-bond acceptors (Lipinski definition) is 6. The smallest absolute Gasteiger partial charge is 0.411 e. The molecule has 0 saturated carbocycles. The van der Waals surface area contributed by atoms with Crippen LogP contribution < -0.4 is 14.8 Å². The van der Waals surface area contributed by atoms with Gasteiger partial charge in [0, 0.05) is 9.79 Å². The number of carbonyl (C=O) groups is 1. The Bertz CT molecular complexity index is 1170. The molecule has 0 aliphatic carbocycles. The first-order valence-electron chi connectivity index (χ1n) is 9.98. The van der Waals surface area contributed by atoms with E-state index in [0.29, 0.717) is 18.0 Å². The highest BCUT2D eigenvalue weighted by Crippen LogP contribution is 2.35. The number of amides is 1. The number of benzene rings is 3. The average Bonchev–Trinajstić information content (AvgIpc) is 2.77. The van der Waals surface area contributed by atoms with Crippen LogP contribution in [-0.2, 0) is 14.8 Å². The number of carbonyl (C=O) groups excluding carboxylic acids is 1. The third kappa shape index (κ3) is 6.18. The lowest BCUT2D eigenvalue weighted by molar-refractivity contribution is 0.167. The van der Waals surface area contributed by atoms with Gasteiger partial charge in [0.15, 0.2) is 0 Å². The van der Waals surface area contributed by atoms with Gasteiger partial charge in [-0.05, 0) is 56.3 Å². The van der Waals surface area contributed by atoms with Crippen molar-refractivity contribution in [1.82, 2.24) is 0 Å². The van der Waals surface area contributed by atoms with Crippen LogP contribution in [0.4, 0.5) is 16.2 Å². The number of anilines is 2.